The topological polar surface area (TPSA) is 87.0 Å². The number of amides is 2. The molecule has 1 aromatic carbocycles. The van der Waals surface area contributed by atoms with Crippen molar-refractivity contribution in [2.75, 3.05) is 44.2 Å². The summed E-state index contributed by atoms with van der Waals surface area (Å²) in [5, 5.41) is 11.6. The Bertz CT molecular complexity index is 744. The maximum atomic E-state index is 12.7. The smallest absolute Gasteiger partial charge is 0.293 e. The monoisotopic (exact) mass is 372 g/mol. The maximum Gasteiger partial charge on any atom is 0.293 e. The lowest BCUT2D eigenvalue weighted by Crippen LogP contribution is -2.48. The molecule has 0 aliphatic carbocycles. The predicted octanol–water partition coefficient (Wildman–Crippen LogP) is 2.08. The average molecular weight is 372 g/mol. The Hall–Kier alpha value is -3.16. The van der Waals surface area contributed by atoms with E-state index in [1.807, 2.05) is 4.90 Å². The van der Waals surface area contributed by atoms with Crippen LogP contribution in [0, 0.1) is 10.1 Å². The molecule has 0 bridgehead atoms. The summed E-state index contributed by atoms with van der Waals surface area (Å²) in [5.74, 6) is -0.319. The average Bonchev–Trinajstić information content (AvgIpc) is 2.66. The van der Waals surface area contributed by atoms with Crippen LogP contribution in [0.3, 0.4) is 0 Å². The zero-order valence-electron chi connectivity index (χ0n) is 15.5. The normalized spacial score (nSPS) is 13.8. The van der Waals surface area contributed by atoms with E-state index in [0.717, 1.165) is 0 Å². The summed E-state index contributed by atoms with van der Waals surface area (Å²) < 4.78 is 0. The van der Waals surface area contributed by atoms with E-state index in [9.17, 15) is 19.7 Å². The summed E-state index contributed by atoms with van der Waals surface area (Å²) in [5.41, 5.74) is 0.588. The number of nitro groups is 1. The molecule has 1 fully saturated rings. The largest absolute Gasteiger partial charge is 0.362 e. The van der Waals surface area contributed by atoms with Crippen LogP contribution in [0.1, 0.15) is 17.3 Å². The first-order chi connectivity index (χ1) is 12.9. The number of benzene rings is 1. The van der Waals surface area contributed by atoms with Crippen molar-refractivity contribution in [2.24, 2.45) is 0 Å². The van der Waals surface area contributed by atoms with Gasteiger partial charge in [-0.15, -0.1) is 13.2 Å². The summed E-state index contributed by atoms with van der Waals surface area (Å²) in [6.45, 7) is 11.5. The van der Waals surface area contributed by atoms with Crippen molar-refractivity contribution in [3.8, 4) is 0 Å². The quantitative estimate of drug-likeness (QED) is 0.415. The summed E-state index contributed by atoms with van der Waals surface area (Å²) in [7, 11) is 0. The zero-order chi connectivity index (χ0) is 20.0. The zero-order valence-corrected chi connectivity index (χ0v) is 15.5. The maximum absolute atomic E-state index is 12.7. The number of nitrogens with zero attached hydrogens (tertiary/aromatic N) is 4. The van der Waals surface area contributed by atoms with Gasteiger partial charge in [0.05, 0.1) is 4.92 Å². The number of piperazine rings is 1. The fourth-order valence-electron chi connectivity index (χ4n) is 3.07. The van der Waals surface area contributed by atoms with E-state index in [0.29, 0.717) is 45.0 Å². The highest BCUT2D eigenvalue weighted by Gasteiger charge is 2.26. The standard InChI is InChI=1S/C19H24N4O4/c1-4-8-22(9-5-2)19(25)16-6-7-17(18(14-16)23(26)27)21-12-10-20(11-13-21)15(3)24/h4-7,14H,1-2,8-13H2,3H3. The molecule has 1 heterocycles. The van der Waals surface area contributed by atoms with E-state index in [2.05, 4.69) is 13.2 Å². The van der Waals surface area contributed by atoms with Gasteiger partial charge in [-0.3, -0.25) is 19.7 Å². The van der Waals surface area contributed by atoms with Gasteiger partial charge in [-0.1, -0.05) is 12.2 Å². The lowest BCUT2D eigenvalue weighted by molar-refractivity contribution is -0.384. The highest BCUT2D eigenvalue weighted by atomic mass is 16.6. The fourth-order valence-corrected chi connectivity index (χ4v) is 3.07. The molecule has 1 aliphatic heterocycles. The molecule has 144 valence electrons. The van der Waals surface area contributed by atoms with Crippen LogP contribution in [0.5, 0.6) is 0 Å². The number of anilines is 1. The second-order valence-electron chi connectivity index (χ2n) is 6.24. The Labute approximate surface area is 158 Å². The van der Waals surface area contributed by atoms with Gasteiger partial charge in [-0.25, -0.2) is 0 Å². The molecule has 0 atom stereocenters. The summed E-state index contributed by atoms with van der Waals surface area (Å²) in [6.07, 6.45) is 3.19. The third kappa shape index (κ3) is 4.72. The molecule has 1 saturated heterocycles. The van der Waals surface area contributed by atoms with Crippen molar-refractivity contribution in [1.82, 2.24) is 9.80 Å². The second-order valence-corrected chi connectivity index (χ2v) is 6.24. The molecule has 27 heavy (non-hydrogen) atoms. The molecule has 2 amide bonds. The van der Waals surface area contributed by atoms with Crippen molar-refractivity contribution < 1.29 is 14.5 Å². The van der Waals surface area contributed by atoms with Gasteiger partial charge >= 0.3 is 0 Å². The first kappa shape index (κ1) is 20.2. The van der Waals surface area contributed by atoms with Crippen LogP contribution < -0.4 is 4.90 Å². The van der Waals surface area contributed by atoms with Gasteiger partial charge in [0.15, 0.2) is 0 Å². The van der Waals surface area contributed by atoms with E-state index in [-0.39, 0.29) is 23.1 Å². The van der Waals surface area contributed by atoms with E-state index in [1.165, 1.54) is 17.9 Å². The van der Waals surface area contributed by atoms with Crippen LogP contribution in [0.2, 0.25) is 0 Å². The van der Waals surface area contributed by atoms with Gasteiger partial charge in [0, 0.05) is 57.8 Å². The van der Waals surface area contributed by atoms with Gasteiger partial charge in [0.1, 0.15) is 5.69 Å². The summed E-state index contributed by atoms with van der Waals surface area (Å²) >= 11 is 0. The Morgan fingerprint density at radius 1 is 1.19 bits per heavy atom. The SMILES string of the molecule is C=CCN(CC=C)C(=O)c1ccc(N2CCN(C(C)=O)CC2)c([N+](=O)[O-])c1. The minimum atomic E-state index is -0.477. The summed E-state index contributed by atoms with van der Waals surface area (Å²) in [6, 6.07) is 4.52. The highest BCUT2D eigenvalue weighted by molar-refractivity contribution is 5.96. The van der Waals surface area contributed by atoms with E-state index in [4.69, 9.17) is 0 Å². The van der Waals surface area contributed by atoms with E-state index in [1.54, 1.807) is 29.2 Å². The van der Waals surface area contributed by atoms with Gasteiger partial charge in [0.25, 0.3) is 11.6 Å². The van der Waals surface area contributed by atoms with E-state index < -0.39 is 4.92 Å². The number of hydrogen-bond donors (Lipinski definition) is 0. The molecule has 0 unspecified atom stereocenters. The molecule has 0 N–H and O–H groups in total. The minimum Gasteiger partial charge on any atom is -0.362 e. The van der Waals surface area contributed by atoms with Crippen LogP contribution in [-0.4, -0.2) is 65.8 Å². The minimum absolute atomic E-state index is 0.00498. The van der Waals surface area contributed by atoms with Crippen LogP contribution in [0.25, 0.3) is 0 Å². The molecule has 2 rings (SSSR count). The fraction of sp³-hybridized carbons (Fsp3) is 0.368. The molecular weight excluding hydrogens is 348 g/mol. The number of carbonyl (C=O) groups excluding carboxylic acids is 2. The molecule has 0 saturated carbocycles. The van der Waals surface area contributed by atoms with Gasteiger partial charge in [-0.05, 0) is 12.1 Å². The molecule has 1 aromatic rings. The van der Waals surface area contributed by atoms with Crippen molar-refractivity contribution in [3.63, 3.8) is 0 Å². The molecule has 1 aliphatic rings. The first-order valence-corrected chi connectivity index (χ1v) is 8.69. The van der Waals surface area contributed by atoms with Gasteiger partial charge < -0.3 is 14.7 Å². The molecule has 0 spiro atoms. The van der Waals surface area contributed by atoms with Gasteiger partial charge in [0.2, 0.25) is 5.91 Å². The molecular formula is C19H24N4O4. The van der Waals surface area contributed by atoms with Crippen molar-refractivity contribution >= 4 is 23.2 Å². The molecule has 8 heteroatoms. The number of rotatable bonds is 7. The third-order valence-electron chi connectivity index (χ3n) is 4.47. The Kier molecular flexibility index (Phi) is 6.70. The third-order valence-corrected chi connectivity index (χ3v) is 4.47. The van der Waals surface area contributed by atoms with Crippen LogP contribution >= 0.6 is 0 Å². The lowest BCUT2D eigenvalue weighted by atomic mass is 10.1. The van der Waals surface area contributed by atoms with E-state index >= 15 is 0 Å². The number of nitro benzene ring substituents is 1. The first-order valence-electron chi connectivity index (χ1n) is 8.69. The Morgan fingerprint density at radius 3 is 2.26 bits per heavy atom. The van der Waals surface area contributed by atoms with Crippen LogP contribution in [0.4, 0.5) is 11.4 Å². The van der Waals surface area contributed by atoms with Crippen LogP contribution in [-0.2, 0) is 4.79 Å². The molecule has 8 nitrogen and oxygen atoms in total. The molecule has 0 radical (unpaired) electrons. The number of carbonyl (C=O) groups is 2. The summed E-state index contributed by atoms with van der Waals surface area (Å²) in [4.78, 5) is 40.3. The second kappa shape index (κ2) is 8.98. The number of hydrogen-bond acceptors (Lipinski definition) is 5. The van der Waals surface area contributed by atoms with Crippen molar-refractivity contribution in [3.05, 3.63) is 59.2 Å². The van der Waals surface area contributed by atoms with Gasteiger partial charge in [-0.2, -0.15) is 0 Å². The Morgan fingerprint density at radius 2 is 1.78 bits per heavy atom. The van der Waals surface area contributed by atoms with Crippen molar-refractivity contribution in [1.29, 1.82) is 0 Å². The highest BCUT2D eigenvalue weighted by Crippen LogP contribution is 2.30. The van der Waals surface area contributed by atoms with Crippen molar-refractivity contribution in [2.45, 2.75) is 6.92 Å². The lowest BCUT2D eigenvalue weighted by Gasteiger charge is -2.35. The molecule has 0 aromatic heterocycles. The van der Waals surface area contributed by atoms with Crippen LogP contribution in [0.15, 0.2) is 43.5 Å². The predicted molar refractivity (Wildman–Crippen MR) is 104 cm³/mol. The Balaban J connectivity index is 2.28.